The number of methoxy groups -OCH3 is 1. The maximum absolute atomic E-state index is 14.3. The van der Waals surface area contributed by atoms with Crippen LogP contribution in [0, 0.1) is 11.2 Å². The molecule has 0 spiro atoms. The molecule has 1 aromatic carbocycles. The van der Waals surface area contributed by atoms with Crippen molar-refractivity contribution in [1.82, 2.24) is 15.2 Å². The van der Waals surface area contributed by atoms with E-state index in [4.69, 9.17) is 4.74 Å². The molecule has 1 N–H and O–H groups in total. The summed E-state index contributed by atoms with van der Waals surface area (Å²) in [6.07, 6.45) is 6.65. The van der Waals surface area contributed by atoms with Crippen LogP contribution in [0.5, 0.6) is 5.88 Å². The highest BCUT2D eigenvalue weighted by Crippen LogP contribution is 2.37. The lowest BCUT2D eigenvalue weighted by Gasteiger charge is -2.49. The summed E-state index contributed by atoms with van der Waals surface area (Å²) in [5.41, 5.74) is 1.10. The first-order valence-electron chi connectivity index (χ1n) is 10.3. The minimum atomic E-state index is -0.579. The van der Waals surface area contributed by atoms with Gasteiger partial charge in [0.25, 0.3) is 0 Å². The summed E-state index contributed by atoms with van der Waals surface area (Å²) in [4.78, 5) is 19.7. The van der Waals surface area contributed by atoms with Crippen molar-refractivity contribution in [2.75, 3.05) is 20.2 Å². The molecule has 0 radical (unpaired) electrons. The third-order valence-corrected chi connectivity index (χ3v) is 6.12. The van der Waals surface area contributed by atoms with E-state index in [0.29, 0.717) is 37.5 Å². The number of carbonyl (C=O) groups is 1. The molecule has 29 heavy (non-hydrogen) atoms. The molecule has 2 heterocycles. The number of rotatable bonds is 7. The number of nitrogens with one attached hydrogen (secondary N) is 1. The van der Waals surface area contributed by atoms with Crippen molar-refractivity contribution in [3.63, 3.8) is 0 Å². The quantitative estimate of drug-likeness (QED) is 0.779. The number of likely N-dealkylation sites (tertiary alicyclic amines) is 1. The van der Waals surface area contributed by atoms with Crippen LogP contribution in [0.3, 0.4) is 0 Å². The highest BCUT2D eigenvalue weighted by Gasteiger charge is 2.49. The summed E-state index contributed by atoms with van der Waals surface area (Å²) in [7, 11) is 1.59. The van der Waals surface area contributed by atoms with Gasteiger partial charge in [-0.2, -0.15) is 0 Å². The maximum Gasteiger partial charge on any atom is 0.229 e. The second-order valence-electron chi connectivity index (χ2n) is 8.36. The van der Waals surface area contributed by atoms with Gasteiger partial charge in [-0.05, 0) is 36.5 Å². The predicted octanol–water partition coefficient (Wildman–Crippen LogP) is 3.33. The number of nitrogens with zero attached hydrogens (tertiary/aromatic N) is 2. The number of halogens is 1. The second-order valence-corrected chi connectivity index (χ2v) is 8.36. The van der Waals surface area contributed by atoms with Crippen LogP contribution in [0.25, 0.3) is 0 Å². The fraction of sp³-hybridized carbons (Fsp3) is 0.478. The first kappa shape index (κ1) is 19.8. The van der Waals surface area contributed by atoms with Crippen molar-refractivity contribution >= 4 is 5.91 Å². The van der Waals surface area contributed by atoms with Crippen molar-refractivity contribution < 1.29 is 13.9 Å². The minimum Gasteiger partial charge on any atom is -0.481 e. The van der Waals surface area contributed by atoms with Gasteiger partial charge >= 0.3 is 0 Å². The first-order valence-corrected chi connectivity index (χ1v) is 10.3. The number of hydrogen-bond donors (Lipinski definition) is 1. The van der Waals surface area contributed by atoms with E-state index in [1.165, 1.54) is 18.9 Å². The van der Waals surface area contributed by atoms with Crippen molar-refractivity contribution in [2.24, 2.45) is 5.41 Å². The van der Waals surface area contributed by atoms with E-state index in [1.807, 2.05) is 18.2 Å². The highest BCUT2D eigenvalue weighted by molar-refractivity contribution is 5.85. The number of pyridine rings is 1. The number of benzene rings is 1. The van der Waals surface area contributed by atoms with Gasteiger partial charge < -0.3 is 10.1 Å². The Kier molecular flexibility index (Phi) is 5.81. The smallest absolute Gasteiger partial charge is 0.229 e. The molecule has 4 rings (SSSR count). The summed E-state index contributed by atoms with van der Waals surface area (Å²) in [5, 5.41) is 3.24. The van der Waals surface area contributed by atoms with Crippen molar-refractivity contribution in [2.45, 2.75) is 44.7 Å². The molecule has 1 saturated carbocycles. The third kappa shape index (κ3) is 4.42. The van der Waals surface area contributed by atoms with Crippen LogP contribution >= 0.6 is 0 Å². The van der Waals surface area contributed by atoms with Crippen molar-refractivity contribution in [1.29, 1.82) is 0 Å². The Morgan fingerprint density at radius 1 is 1.24 bits per heavy atom. The lowest BCUT2D eigenvalue weighted by Crippen LogP contribution is -2.64. The van der Waals surface area contributed by atoms with Gasteiger partial charge in [-0.3, -0.25) is 9.69 Å². The van der Waals surface area contributed by atoms with Gasteiger partial charge in [-0.25, -0.2) is 9.37 Å². The van der Waals surface area contributed by atoms with Gasteiger partial charge in [0.1, 0.15) is 5.82 Å². The van der Waals surface area contributed by atoms with E-state index in [9.17, 15) is 9.18 Å². The molecule has 2 aromatic rings. The minimum absolute atomic E-state index is 0.0664. The summed E-state index contributed by atoms with van der Waals surface area (Å²) in [6, 6.07) is 10.9. The fourth-order valence-electron chi connectivity index (χ4n) is 4.56. The SMILES string of the molecule is COc1ccc(CN2CC(Cc3ccccc3F)(C(=O)NC3CCCC3)C2)cn1. The number of aromatic nitrogens is 1. The number of amides is 1. The first-order chi connectivity index (χ1) is 14.1. The Hall–Kier alpha value is -2.47. The molecule has 154 valence electrons. The Morgan fingerprint density at radius 2 is 2.00 bits per heavy atom. The molecule has 0 unspecified atom stereocenters. The molecule has 2 fully saturated rings. The molecule has 6 heteroatoms. The van der Waals surface area contributed by atoms with Crippen LogP contribution in [-0.2, 0) is 17.8 Å². The van der Waals surface area contributed by atoms with E-state index in [1.54, 1.807) is 25.4 Å². The van der Waals surface area contributed by atoms with E-state index in [-0.39, 0.29) is 17.8 Å². The van der Waals surface area contributed by atoms with E-state index >= 15 is 0 Å². The molecule has 1 aliphatic heterocycles. The van der Waals surface area contributed by atoms with Gasteiger partial charge in [-0.1, -0.05) is 37.1 Å². The van der Waals surface area contributed by atoms with Crippen LogP contribution in [0.1, 0.15) is 36.8 Å². The summed E-state index contributed by atoms with van der Waals surface area (Å²) < 4.78 is 19.4. The molecule has 1 amide bonds. The molecular weight excluding hydrogens is 369 g/mol. The Labute approximate surface area is 171 Å². The molecule has 0 atom stereocenters. The van der Waals surface area contributed by atoms with Gasteiger partial charge in [0, 0.05) is 37.9 Å². The molecule has 1 saturated heterocycles. The van der Waals surface area contributed by atoms with E-state index in [0.717, 1.165) is 18.4 Å². The summed E-state index contributed by atoms with van der Waals surface area (Å²) >= 11 is 0. The van der Waals surface area contributed by atoms with Gasteiger partial charge in [0.15, 0.2) is 0 Å². The van der Waals surface area contributed by atoms with Crippen molar-refractivity contribution in [3.8, 4) is 5.88 Å². The second kappa shape index (κ2) is 8.49. The largest absolute Gasteiger partial charge is 0.481 e. The summed E-state index contributed by atoms with van der Waals surface area (Å²) in [6.45, 7) is 1.95. The topological polar surface area (TPSA) is 54.5 Å². The van der Waals surface area contributed by atoms with Gasteiger partial charge in [-0.15, -0.1) is 0 Å². The average Bonchev–Trinajstić information content (AvgIpc) is 3.21. The number of ether oxygens (including phenoxy) is 1. The fourth-order valence-corrected chi connectivity index (χ4v) is 4.56. The normalized spacial score (nSPS) is 19.0. The monoisotopic (exact) mass is 397 g/mol. The zero-order valence-electron chi connectivity index (χ0n) is 16.9. The highest BCUT2D eigenvalue weighted by atomic mass is 19.1. The number of hydrogen-bond acceptors (Lipinski definition) is 4. The van der Waals surface area contributed by atoms with Crippen molar-refractivity contribution in [3.05, 3.63) is 59.5 Å². The molecular formula is C23H28FN3O2. The lowest BCUT2D eigenvalue weighted by molar-refractivity contribution is -0.143. The Balaban J connectivity index is 1.46. The summed E-state index contributed by atoms with van der Waals surface area (Å²) in [5.74, 6) is 0.414. The Morgan fingerprint density at radius 3 is 2.66 bits per heavy atom. The third-order valence-electron chi connectivity index (χ3n) is 6.12. The van der Waals surface area contributed by atoms with Gasteiger partial charge in [0.2, 0.25) is 11.8 Å². The van der Waals surface area contributed by atoms with E-state index in [2.05, 4.69) is 15.2 Å². The van der Waals surface area contributed by atoms with Crippen LogP contribution in [-0.4, -0.2) is 42.0 Å². The standard InChI is InChI=1S/C23H28FN3O2/c1-29-21-11-10-17(13-25-21)14-27-15-23(16-27,12-18-6-2-5-9-20(18)24)22(28)26-19-7-3-4-8-19/h2,5-6,9-11,13,19H,3-4,7-8,12,14-16H2,1H3,(H,26,28). The zero-order valence-corrected chi connectivity index (χ0v) is 16.9. The zero-order chi connectivity index (χ0) is 20.3. The maximum atomic E-state index is 14.3. The van der Waals surface area contributed by atoms with Crippen LogP contribution in [0.4, 0.5) is 4.39 Å². The molecule has 2 aliphatic rings. The average molecular weight is 397 g/mol. The predicted molar refractivity (Wildman–Crippen MR) is 109 cm³/mol. The van der Waals surface area contributed by atoms with Gasteiger partial charge in [0.05, 0.1) is 12.5 Å². The Bertz CT molecular complexity index is 843. The molecule has 0 bridgehead atoms. The van der Waals surface area contributed by atoms with Crippen LogP contribution in [0.2, 0.25) is 0 Å². The number of carbonyl (C=O) groups excluding carboxylic acids is 1. The lowest BCUT2D eigenvalue weighted by atomic mass is 9.73. The molecule has 1 aromatic heterocycles. The molecule has 1 aliphatic carbocycles. The van der Waals surface area contributed by atoms with Crippen LogP contribution in [0.15, 0.2) is 42.6 Å². The molecule has 5 nitrogen and oxygen atoms in total. The van der Waals surface area contributed by atoms with E-state index < -0.39 is 5.41 Å². The van der Waals surface area contributed by atoms with Crippen LogP contribution < -0.4 is 10.1 Å².